The Labute approximate surface area is 117 Å². The lowest BCUT2D eigenvalue weighted by Crippen LogP contribution is -2.44. The minimum absolute atomic E-state index is 0.0179. The number of carbonyl (C=O) groups excluding carboxylic acids is 1. The van der Waals surface area contributed by atoms with Gasteiger partial charge in [-0.3, -0.25) is 4.79 Å². The summed E-state index contributed by atoms with van der Waals surface area (Å²) in [6.07, 6.45) is 4.34. The molecule has 0 bridgehead atoms. The third-order valence-corrected chi connectivity index (χ3v) is 4.04. The summed E-state index contributed by atoms with van der Waals surface area (Å²) in [7, 11) is 0. The molecule has 104 valence electrons. The van der Waals surface area contributed by atoms with Crippen LogP contribution in [0.2, 0.25) is 5.02 Å². The molecule has 4 N–H and O–H groups in total. The Morgan fingerprint density at radius 2 is 2.16 bits per heavy atom. The fourth-order valence-electron chi connectivity index (χ4n) is 2.58. The number of benzene rings is 1. The average Bonchev–Trinajstić information content (AvgIpc) is 2.42. The third-order valence-electron chi connectivity index (χ3n) is 3.74. The Hall–Kier alpha value is -1.26. The second-order valence-electron chi connectivity index (χ2n) is 5.03. The minimum atomic E-state index is -0.160. The fraction of sp³-hybridized carbons (Fsp3) is 0.500. The number of aromatic hydroxyl groups is 1. The molecule has 0 radical (unpaired) electrons. The van der Waals surface area contributed by atoms with Crippen molar-refractivity contribution < 1.29 is 9.90 Å². The molecule has 2 atom stereocenters. The molecule has 0 saturated heterocycles. The molecule has 0 heterocycles. The van der Waals surface area contributed by atoms with Gasteiger partial charge < -0.3 is 16.2 Å². The molecule has 1 aliphatic rings. The molecule has 19 heavy (non-hydrogen) atoms. The van der Waals surface area contributed by atoms with Gasteiger partial charge in [0.1, 0.15) is 5.75 Å². The average molecular weight is 283 g/mol. The van der Waals surface area contributed by atoms with Crippen molar-refractivity contribution in [1.82, 2.24) is 5.32 Å². The van der Waals surface area contributed by atoms with Gasteiger partial charge in [0.2, 0.25) is 0 Å². The topological polar surface area (TPSA) is 75.3 Å². The van der Waals surface area contributed by atoms with Gasteiger partial charge in [-0.15, -0.1) is 0 Å². The van der Waals surface area contributed by atoms with Crippen molar-refractivity contribution in [1.29, 1.82) is 0 Å². The first kappa shape index (κ1) is 14.2. The van der Waals surface area contributed by atoms with Gasteiger partial charge >= 0.3 is 0 Å². The van der Waals surface area contributed by atoms with Crippen molar-refractivity contribution in [3.63, 3.8) is 0 Å². The van der Waals surface area contributed by atoms with Crippen LogP contribution < -0.4 is 11.1 Å². The largest absolute Gasteiger partial charge is 0.506 e. The number of amides is 1. The van der Waals surface area contributed by atoms with E-state index in [4.69, 9.17) is 17.3 Å². The molecule has 0 aromatic heterocycles. The van der Waals surface area contributed by atoms with Crippen LogP contribution in [0, 0.1) is 5.92 Å². The summed E-state index contributed by atoms with van der Waals surface area (Å²) in [5.41, 5.74) is 6.21. The summed E-state index contributed by atoms with van der Waals surface area (Å²) in [6.45, 7) is 0.598. The third kappa shape index (κ3) is 3.39. The van der Waals surface area contributed by atoms with Crippen LogP contribution in [0.4, 0.5) is 0 Å². The van der Waals surface area contributed by atoms with E-state index in [9.17, 15) is 9.90 Å². The molecule has 0 aliphatic heterocycles. The fourth-order valence-corrected chi connectivity index (χ4v) is 2.76. The second-order valence-corrected chi connectivity index (χ2v) is 5.43. The Morgan fingerprint density at radius 3 is 2.84 bits per heavy atom. The van der Waals surface area contributed by atoms with Gasteiger partial charge in [-0.2, -0.15) is 0 Å². The van der Waals surface area contributed by atoms with E-state index in [0.29, 0.717) is 18.0 Å². The van der Waals surface area contributed by atoms with Crippen molar-refractivity contribution in [2.45, 2.75) is 31.7 Å². The zero-order valence-electron chi connectivity index (χ0n) is 10.7. The van der Waals surface area contributed by atoms with Crippen LogP contribution in [-0.2, 0) is 0 Å². The summed E-state index contributed by atoms with van der Waals surface area (Å²) >= 11 is 5.81. The summed E-state index contributed by atoms with van der Waals surface area (Å²) in [5.74, 6) is 0.174. The molecule has 2 unspecified atom stereocenters. The molecular formula is C14H19ClN2O2. The van der Waals surface area contributed by atoms with Crippen LogP contribution in [-0.4, -0.2) is 23.6 Å². The van der Waals surface area contributed by atoms with E-state index in [2.05, 4.69) is 5.32 Å². The lowest BCUT2D eigenvalue weighted by Gasteiger charge is -2.31. The number of carbonyl (C=O) groups is 1. The van der Waals surface area contributed by atoms with Gasteiger partial charge in [0.05, 0.1) is 5.02 Å². The predicted octanol–water partition coefficient (Wildman–Crippen LogP) is 2.29. The van der Waals surface area contributed by atoms with Crippen molar-refractivity contribution >= 4 is 17.5 Å². The molecule has 1 fully saturated rings. The van der Waals surface area contributed by atoms with Gasteiger partial charge in [-0.05, 0) is 43.5 Å². The molecule has 1 amide bonds. The van der Waals surface area contributed by atoms with Crippen LogP contribution in [0.5, 0.6) is 5.75 Å². The maximum absolute atomic E-state index is 12.1. The van der Waals surface area contributed by atoms with Crippen molar-refractivity contribution in [3.05, 3.63) is 28.8 Å². The summed E-state index contributed by atoms with van der Waals surface area (Å²) in [4.78, 5) is 12.1. The quantitative estimate of drug-likeness (QED) is 0.796. The van der Waals surface area contributed by atoms with Crippen molar-refractivity contribution in [2.24, 2.45) is 11.7 Å². The van der Waals surface area contributed by atoms with Crippen LogP contribution in [0.1, 0.15) is 36.0 Å². The van der Waals surface area contributed by atoms with E-state index in [0.717, 1.165) is 19.3 Å². The van der Waals surface area contributed by atoms with Crippen LogP contribution in [0.15, 0.2) is 18.2 Å². The maximum atomic E-state index is 12.1. The Kier molecular flexibility index (Phi) is 4.66. The molecule has 1 aliphatic carbocycles. The highest BCUT2D eigenvalue weighted by Gasteiger charge is 2.25. The van der Waals surface area contributed by atoms with Crippen LogP contribution >= 0.6 is 11.6 Å². The highest BCUT2D eigenvalue weighted by atomic mass is 35.5. The SMILES string of the molecule is NCC1CCCCC1NC(=O)c1ccc(O)c(Cl)c1. The Morgan fingerprint density at radius 1 is 1.42 bits per heavy atom. The first-order valence-corrected chi connectivity index (χ1v) is 6.99. The van der Waals surface area contributed by atoms with E-state index in [1.165, 1.54) is 18.6 Å². The predicted molar refractivity (Wildman–Crippen MR) is 75.4 cm³/mol. The zero-order valence-corrected chi connectivity index (χ0v) is 11.5. The van der Waals surface area contributed by atoms with E-state index >= 15 is 0 Å². The smallest absolute Gasteiger partial charge is 0.251 e. The van der Waals surface area contributed by atoms with Gasteiger partial charge in [-0.1, -0.05) is 24.4 Å². The number of nitrogens with two attached hydrogens (primary N) is 1. The highest BCUT2D eigenvalue weighted by Crippen LogP contribution is 2.26. The van der Waals surface area contributed by atoms with Crippen LogP contribution in [0.25, 0.3) is 0 Å². The van der Waals surface area contributed by atoms with Crippen molar-refractivity contribution in [3.8, 4) is 5.75 Å². The van der Waals surface area contributed by atoms with Gasteiger partial charge in [0.15, 0.2) is 0 Å². The first-order chi connectivity index (χ1) is 9.11. The molecule has 4 nitrogen and oxygen atoms in total. The summed E-state index contributed by atoms with van der Waals surface area (Å²) in [6, 6.07) is 4.61. The summed E-state index contributed by atoms with van der Waals surface area (Å²) in [5, 5.41) is 12.6. The molecule has 5 heteroatoms. The molecule has 1 aromatic carbocycles. The second kappa shape index (κ2) is 6.26. The number of hydrogen-bond donors (Lipinski definition) is 3. The van der Waals surface area contributed by atoms with Crippen LogP contribution in [0.3, 0.4) is 0 Å². The summed E-state index contributed by atoms with van der Waals surface area (Å²) < 4.78 is 0. The lowest BCUT2D eigenvalue weighted by atomic mass is 9.84. The lowest BCUT2D eigenvalue weighted by molar-refractivity contribution is 0.0908. The number of phenols is 1. The maximum Gasteiger partial charge on any atom is 0.251 e. The monoisotopic (exact) mass is 282 g/mol. The van der Waals surface area contributed by atoms with Gasteiger partial charge in [0, 0.05) is 11.6 Å². The number of phenolic OH excluding ortho intramolecular Hbond substituents is 1. The zero-order chi connectivity index (χ0) is 13.8. The number of halogens is 1. The Balaban J connectivity index is 2.05. The Bertz CT molecular complexity index is 465. The van der Waals surface area contributed by atoms with E-state index in [-0.39, 0.29) is 22.7 Å². The number of hydrogen-bond acceptors (Lipinski definition) is 3. The standard InChI is InChI=1S/C14H19ClN2O2/c15-11-7-9(5-6-13(11)18)14(19)17-12-4-2-1-3-10(12)8-16/h5-7,10,12,18H,1-4,8,16H2,(H,17,19). The normalized spacial score (nSPS) is 23.1. The molecule has 1 aromatic rings. The molecular weight excluding hydrogens is 264 g/mol. The van der Waals surface area contributed by atoms with E-state index in [1.54, 1.807) is 6.07 Å². The van der Waals surface area contributed by atoms with Crippen molar-refractivity contribution in [2.75, 3.05) is 6.54 Å². The number of nitrogens with one attached hydrogen (secondary N) is 1. The van der Waals surface area contributed by atoms with Gasteiger partial charge in [-0.25, -0.2) is 0 Å². The minimum Gasteiger partial charge on any atom is -0.506 e. The molecule has 1 saturated carbocycles. The molecule has 0 spiro atoms. The first-order valence-electron chi connectivity index (χ1n) is 6.61. The van der Waals surface area contributed by atoms with E-state index < -0.39 is 0 Å². The molecule has 2 rings (SSSR count). The number of rotatable bonds is 3. The van der Waals surface area contributed by atoms with E-state index in [1.807, 2.05) is 0 Å². The highest BCUT2D eigenvalue weighted by molar-refractivity contribution is 6.32. The van der Waals surface area contributed by atoms with Gasteiger partial charge in [0.25, 0.3) is 5.91 Å².